The third kappa shape index (κ3) is 3.52. The lowest BCUT2D eigenvalue weighted by Gasteiger charge is -2.77. The molecule has 8 fully saturated rings. The van der Waals surface area contributed by atoms with Gasteiger partial charge < -0.3 is 0 Å². The van der Waals surface area contributed by atoms with Gasteiger partial charge in [0, 0.05) is 0 Å². The van der Waals surface area contributed by atoms with Crippen molar-refractivity contribution in [2.24, 2.45) is 117 Å². The molecule has 15 unspecified atom stereocenters. The summed E-state index contributed by atoms with van der Waals surface area (Å²) in [5.74, 6) is 15.5. The Morgan fingerprint density at radius 3 is 1.78 bits per heavy atom. The highest BCUT2D eigenvalue weighted by Gasteiger charge is 2.73. The maximum Gasteiger partial charge on any atom is -0.0152 e. The van der Waals surface area contributed by atoms with Crippen LogP contribution < -0.4 is 0 Å². The van der Waals surface area contributed by atoms with E-state index in [1.54, 1.807) is 38.5 Å². The molecule has 232 valence electrons. The molecule has 0 spiro atoms. The molecule has 8 rings (SSSR count). The van der Waals surface area contributed by atoms with Crippen LogP contribution in [-0.2, 0) is 0 Å². The van der Waals surface area contributed by atoms with Gasteiger partial charge in [0.25, 0.3) is 0 Å². The molecule has 8 saturated carbocycles. The van der Waals surface area contributed by atoms with Crippen LogP contribution in [0.25, 0.3) is 0 Å². The van der Waals surface area contributed by atoms with Crippen molar-refractivity contribution < 1.29 is 0 Å². The summed E-state index contributed by atoms with van der Waals surface area (Å²) in [6.45, 7) is 34.4. The predicted molar refractivity (Wildman–Crippen MR) is 175 cm³/mol. The van der Waals surface area contributed by atoms with Gasteiger partial charge in [-0.3, -0.25) is 0 Å². The van der Waals surface area contributed by atoms with Crippen LogP contribution in [-0.4, -0.2) is 0 Å². The molecule has 0 aromatic carbocycles. The first-order valence-corrected chi connectivity index (χ1v) is 18.8. The van der Waals surface area contributed by atoms with Crippen LogP contribution in [0.5, 0.6) is 0 Å². The van der Waals surface area contributed by atoms with Crippen LogP contribution in [0.15, 0.2) is 12.2 Å². The fourth-order valence-corrected chi connectivity index (χ4v) is 17.4. The first-order chi connectivity index (χ1) is 19.2. The van der Waals surface area contributed by atoms with E-state index in [1.807, 2.05) is 0 Å². The van der Waals surface area contributed by atoms with Gasteiger partial charge in [0.2, 0.25) is 0 Å². The molecule has 0 amide bonds. The highest BCUT2D eigenvalue weighted by Crippen LogP contribution is 2.78. The number of fused-ring (bicyclic) bond motifs is 3. The molecule has 0 nitrogen and oxygen atoms in total. The fraction of sp³-hybridized carbons (Fsp3) is 0.951. The Kier molecular flexibility index (Phi) is 6.74. The minimum absolute atomic E-state index is 0.367. The molecular weight excluding hydrogens is 492 g/mol. The van der Waals surface area contributed by atoms with Crippen molar-refractivity contribution in [3.8, 4) is 0 Å². The minimum atomic E-state index is 0.367. The second-order valence-corrected chi connectivity index (χ2v) is 19.4. The Balaban J connectivity index is 1.25. The lowest BCUT2D eigenvalue weighted by atomic mass is 9.28. The Morgan fingerprint density at radius 2 is 1.22 bits per heavy atom. The maximum absolute atomic E-state index is 4.59. The van der Waals surface area contributed by atoms with E-state index in [0.717, 1.165) is 88.8 Å². The van der Waals surface area contributed by atoms with Crippen LogP contribution in [0.3, 0.4) is 0 Å². The average molecular weight is 561 g/mol. The van der Waals surface area contributed by atoms with Crippen molar-refractivity contribution in [1.82, 2.24) is 0 Å². The number of allylic oxidation sites excluding steroid dienone is 1. The second kappa shape index (κ2) is 9.38. The zero-order valence-corrected chi connectivity index (χ0v) is 29.2. The topological polar surface area (TPSA) is 0 Å². The van der Waals surface area contributed by atoms with Crippen LogP contribution in [0, 0.1) is 117 Å². The quantitative estimate of drug-likeness (QED) is 0.295. The van der Waals surface area contributed by atoms with Gasteiger partial charge >= 0.3 is 0 Å². The maximum atomic E-state index is 4.59. The molecule has 0 saturated heterocycles. The molecule has 15 atom stereocenters. The van der Waals surface area contributed by atoms with Crippen molar-refractivity contribution in [3.05, 3.63) is 12.2 Å². The summed E-state index contributed by atoms with van der Waals surface area (Å²) in [6.07, 6.45) is 12.5. The van der Waals surface area contributed by atoms with Crippen LogP contribution >= 0.6 is 0 Å². The lowest BCUT2D eigenvalue weighted by molar-refractivity contribution is -0.288. The van der Waals surface area contributed by atoms with E-state index in [2.05, 4.69) is 82.7 Å². The molecule has 4 bridgehead atoms. The Bertz CT molecular complexity index is 1020. The summed E-state index contributed by atoms with van der Waals surface area (Å²) >= 11 is 0. The average Bonchev–Trinajstić information content (AvgIpc) is 2.89. The zero-order chi connectivity index (χ0) is 29.5. The molecule has 0 aromatic heterocycles. The molecular formula is C41H68. The Labute approximate surface area is 256 Å². The highest BCUT2D eigenvalue weighted by molar-refractivity contribution is 5.22. The van der Waals surface area contributed by atoms with E-state index in [-0.39, 0.29) is 0 Å². The van der Waals surface area contributed by atoms with E-state index in [1.165, 1.54) is 18.4 Å². The van der Waals surface area contributed by atoms with Gasteiger partial charge in [-0.2, -0.15) is 0 Å². The molecule has 0 aromatic rings. The molecule has 0 heterocycles. The molecule has 0 heteroatoms. The number of rotatable bonds is 2. The van der Waals surface area contributed by atoms with Gasteiger partial charge in [0.1, 0.15) is 0 Å². The summed E-state index contributed by atoms with van der Waals surface area (Å²) in [5, 5.41) is 0. The van der Waals surface area contributed by atoms with E-state index < -0.39 is 0 Å². The largest absolute Gasteiger partial charge is 0.0998 e. The molecule has 0 radical (unpaired) electrons. The van der Waals surface area contributed by atoms with Gasteiger partial charge in [-0.05, 0) is 175 Å². The van der Waals surface area contributed by atoms with Crippen LogP contribution in [0.1, 0.15) is 128 Å². The summed E-state index contributed by atoms with van der Waals surface area (Å²) in [5.41, 5.74) is 2.66. The molecule has 0 aliphatic heterocycles. The lowest BCUT2D eigenvalue weighted by Crippen LogP contribution is -2.71. The normalized spacial score (nSPS) is 64.8. The summed E-state index contributed by atoms with van der Waals surface area (Å²) in [6, 6.07) is 0. The zero-order valence-electron chi connectivity index (χ0n) is 29.2. The van der Waals surface area contributed by atoms with E-state index in [0.29, 0.717) is 28.1 Å². The molecule has 41 heavy (non-hydrogen) atoms. The van der Waals surface area contributed by atoms with Crippen LogP contribution in [0.2, 0.25) is 0 Å². The molecule has 8 aliphatic rings. The van der Waals surface area contributed by atoms with Crippen molar-refractivity contribution in [2.45, 2.75) is 128 Å². The predicted octanol–water partition coefficient (Wildman–Crippen LogP) is 11.4. The molecule has 8 aliphatic carbocycles. The Hall–Kier alpha value is -0.260. The fourth-order valence-electron chi connectivity index (χ4n) is 17.4. The third-order valence-corrected chi connectivity index (χ3v) is 18.9. The summed E-state index contributed by atoms with van der Waals surface area (Å²) < 4.78 is 0. The second-order valence-electron chi connectivity index (χ2n) is 19.4. The van der Waals surface area contributed by atoms with Gasteiger partial charge in [-0.25, -0.2) is 0 Å². The third-order valence-electron chi connectivity index (χ3n) is 18.9. The van der Waals surface area contributed by atoms with Crippen LogP contribution in [0.4, 0.5) is 0 Å². The van der Waals surface area contributed by atoms with Gasteiger partial charge in [-0.1, -0.05) is 81.4 Å². The van der Waals surface area contributed by atoms with Gasteiger partial charge in [0.05, 0.1) is 0 Å². The van der Waals surface area contributed by atoms with E-state index >= 15 is 0 Å². The first kappa shape index (κ1) is 29.5. The Morgan fingerprint density at radius 1 is 0.659 bits per heavy atom. The van der Waals surface area contributed by atoms with Crippen molar-refractivity contribution >= 4 is 0 Å². The van der Waals surface area contributed by atoms with Crippen molar-refractivity contribution in [3.63, 3.8) is 0 Å². The summed E-state index contributed by atoms with van der Waals surface area (Å²) in [4.78, 5) is 0. The molecule has 0 N–H and O–H groups in total. The van der Waals surface area contributed by atoms with Gasteiger partial charge in [0.15, 0.2) is 0 Å². The van der Waals surface area contributed by atoms with Crippen molar-refractivity contribution in [2.75, 3.05) is 0 Å². The van der Waals surface area contributed by atoms with E-state index in [4.69, 9.17) is 0 Å². The standard InChI is InChI=1S/C41H68/c1-21(2)35-22(3)20-39(10)28(9)40(11)25(6)34-14-13-33(37-31-16-29-15-30(18-31)19-32(37)17-29)23(4)36(34)24(5)38(40)27(8)41(39,12)26(35)7/h22-38H,1,13-20H2,2-12H3. The summed E-state index contributed by atoms with van der Waals surface area (Å²) in [7, 11) is 0. The first-order valence-electron chi connectivity index (χ1n) is 18.8. The van der Waals surface area contributed by atoms with Crippen molar-refractivity contribution in [1.29, 1.82) is 0 Å². The minimum Gasteiger partial charge on any atom is -0.0998 e. The van der Waals surface area contributed by atoms with Gasteiger partial charge in [-0.15, -0.1) is 0 Å². The SMILES string of the molecule is C=C(C)C1C(C)CC2(C)C(C)C3(C)C(C)C4CCC(C5C6CC7CC(C6)CC5C7)C(C)C4C(C)C3C(C)C2(C)C1C. The smallest absolute Gasteiger partial charge is 0.0152 e. The monoisotopic (exact) mass is 561 g/mol. The highest BCUT2D eigenvalue weighted by atomic mass is 14.8. The number of hydrogen-bond acceptors (Lipinski definition) is 0. The number of hydrogen-bond donors (Lipinski definition) is 0. The van der Waals surface area contributed by atoms with E-state index in [9.17, 15) is 0 Å².